The van der Waals surface area contributed by atoms with E-state index in [2.05, 4.69) is 25.4 Å². The summed E-state index contributed by atoms with van der Waals surface area (Å²) in [5.74, 6) is 1.08. The van der Waals surface area contributed by atoms with Gasteiger partial charge in [-0.15, -0.1) is 5.10 Å². The highest BCUT2D eigenvalue weighted by atomic mass is 19.3. The lowest BCUT2D eigenvalue weighted by Gasteiger charge is -2.29. The van der Waals surface area contributed by atoms with E-state index in [-0.39, 0.29) is 6.10 Å². The minimum atomic E-state index is -2.48. The zero-order valence-corrected chi connectivity index (χ0v) is 19.8. The number of aromatic nitrogens is 6. The molecule has 9 nitrogen and oxygen atoms in total. The highest BCUT2D eigenvalue weighted by Gasteiger charge is 2.22. The maximum absolute atomic E-state index is 13.1. The molecule has 0 saturated heterocycles. The van der Waals surface area contributed by atoms with E-state index < -0.39 is 13.0 Å². The van der Waals surface area contributed by atoms with Crippen LogP contribution in [-0.4, -0.2) is 68.0 Å². The summed E-state index contributed by atoms with van der Waals surface area (Å²) in [7, 11) is 1.68. The number of methoxy groups -OCH3 is 1. The van der Waals surface area contributed by atoms with Crippen LogP contribution in [-0.2, 0) is 16.0 Å². The molecule has 1 saturated carbocycles. The first-order valence-electron chi connectivity index (χ1n) is 11.9. The normalized spacial score (nSPS) is 18.7. The monoisotopic (exact) mass is 485 g/mol. The Labute approximate surface area is 201 Å². The lowest BCUT2D eigenvalue weighted by Crippen LogP contribution is -2.31. The number of halogens is 2. The number of fused-ring (bicyclic) bond motifs is 2. The largest absolute Gasteiger partial charge is 0.382 e. The Balaban J connectivity index is 1.31. The van der Waals surface area contributed by atoms with Crippen molar-refractivity contribution in [2.24, 2.45) is 0 Å². The van der Waals surface area contributed by atoms with Crippen LogP contribution in [0, 0.1) is 6.92 Å². The van der Waals surface area contributed by atoms with Crippen LogP contribution in [0.3, 0.4) is 0 Å². The van der Waals surface area contributed by atoms with Crippen molar-refractivity contribution in [2.75, 3.05) is 25.6 Å². The van der Waals surface area contributed by atoms with Gasteiger partial charge in [0, 0.05) is 24.9 Å². The number of hydrogen-bond acceptors (Lipinski definition) is 7. The fourth-order valence-corrected chi connectivity index (χ4v) is 4.66. The Morgan fingerprint density at radius 1 is 1.11 bits per heavy atom. The van der Waals surface area contributed by atoms with E-state index in [4.69, 9.17) is 9.47 Å². The molecule has 4 heterocycles. The summed E-state index contributed by atoms with van der Waals surface area (Å²) in [6.45, 7) is 2.52. The van der Waals surface area contributed by atoms with E-state index in [1.54, 1.807) is 24.7 Å². The van der Waals surface area contributed by atoms with Crippen molar-refractivity contribution in [1.82, 2.24) is 29.1 Å². The molecule has 1 N–H and O–H groups in total. The van der Waals surface area contributed by atoms with Gasteiger partial charge in [0.2, 0.25) is 5.95 Å². The predicted octanol–water partition coefficient (Wildman–Crippen LogP) is 4.10. The predicted molar refractivity (Wildman–Crippen MR) is 128 cm³/mol. The zero-order chi connectivity index (χ0) is 24.4. The van der Waals surface area contributed by atoms with Crippen LogP contribution < -0.4 is 5.32 Å². The van der Waals surface area contributed by atoms with Gasteiger partial charge in [-0.1, -0.05) is 0 Å². The lowest BCUT2D eigenvalue weighted by atomic mass is 9.93. The van der Waals surface area contributed by atoms with E-state index in [0.29, 0.717) is 47.9 Å². The zero-order valence-electron chi connectivity index (χ0n) is 19.8. The number of pyridine rings is 1. The molecule has 5 rings (SSSR count). The van der Waals surface area contributed by atoms with Crippen LogP contribution in [0.1, 0.15) is 31.5 Å². The number of aryl methyl sites for hydroxylation is 1. The number of imidazole rings is 1. The number of hydrogen-bond donors (Lipinski definition) is 1. The van der Waals surface area contributed by atoms with Crippen LogP contribution in [0.4, 0.5) is 14.7 Å². The number of nitrogens with one attached hydrogen (secondary N) is 1. The van der Waals surface area contributed by atoms with Crippen molar-refractivity contribution in [2.45, 2.75) is 57.7 Å². The summed E-state index contributed by atoms with van der Waals surface area (Å²) >= 11 is 0. The third-order valence-corrected chi connectivity index (χ3v) is 6.44. The van der Waals surface area contributed by atoms with Crippen LogP contribution in [0.15, 0.2) is 30.6 Å². The third kappa shape index (κ3) is 5.10. The average Bonchev–Trinajstić information content (AvgIpc) is 3.40. The number of ether oxygens (including phenoxy) is 2. The van der Waals surface area contributed by atoms with Crippen LogP contribution in [0.25, 0.3) is 27.9 Å². The second-order valence-corrected chi connectivity index (χ2v) is 8.82. The van der Waals surface area contributed by atoms with E-state index in [1.165, 1.54) is 4.57 Å². The quantitative estimate of drug-likeness (QED) is 0.357. The van der Waals surface area contributed by atoms with E-state index in [9.17, 15) is 8.78 Å². The molecule has 1 aliphatic carbocycles. The van der Waals surface area contributed by atoms with Gasteiger partial charge in [0.1, 0.15) is 11.3 Å². The van der Waals surface area contributed by atoms with Crippen LogP contribution in [0.5, 0.6) is 0 Å². The van der Waals surface area contributed by atoms with Crippen molar-refractivity contribution in [3.63, 3.8) is 0 Å². The summed E-state index contributed by atoms with van der Waals surface area (Å²) < 4.78 is 40.2. The Hall–Kier alpha value is -3.18. The highest BCUT2D eigenvalue weighted by Crippen LogP contribution is 2.27. The minimum Gasteiger partial charge on any atom is -0.382 e. The maximum Gasteiger partial charge on any atom is 0.256 e. The maximum atomic E-state index is 13.1. The smallest absolute Gasteiger partial charge is 0.256 e. The van der Waals surface area contributed by atoms with Gasteiger partial charge in [0.05, 0.1) is 43.3 Å². The van der Waals surface area contributed by atoms with Gasteiger partial charge in [0.25, 0.3) is 6.43 Å². The third-order valence-electron chi connectivity index (χ3n) is 6.44. The van der Waals surface area contributed by atoms with Gasteiger partial charge in [-0.05, 0) is 50.8 Å². The fraction of sp³-hybridized carbons (Fsp3) is 0.500. The van der Waals surface area contributed by atoms with Crippen LogP contribution in [0.2, 0.25) is 0 Å². The highest BCUT2D eigenvalue weighted by molar-refractivity contribution is 5.82. The van der Waals surface area contributed by atoms with E-state index in [0.717, 1.165) is 36.8 Å². The minimum absolute atomic E-state index is 0.282. The molecule has 11 heteroatoms. The molecule has 0 amide bonds. The molecule has 0 atom stereocenters. The average molecular weight is 486 g/mol. The lowest BCUT2D eigenvalue weighted by molar-refractivity contribution is -0.00158. The number of anilines is 1. The van der Waals surface area contributed by atoms with Gasteiger partial charge >= 0.3 is 0 Å². The molecular weight excluding hydrogens is 456 g/mol. The van der Waals surface area contributed by atoms with Crippen LogP contribution >= 0.6 is 0 Å². The van der Waals surface area contributed by atoms with E-state index in [1.807, 2.05) is 24.4 Å². The molecule has 0 unspecified atom stereocenters. The van der Waals surface area contributed by atoms with E-state index >= 15 is 0 Å². The molecule has 0 aliphatic heterocycles. The van der Waals surface area contributed by atoms with Crippen molar-refractivity contribution >= 4 is 22.6 Å². The van der Waals surface area contributed by atoms with Crippen molar-refractivity contribution in [3.8, 4) is 11.3 Å². The molecule has 0 aromatic carbocycles. The molecule has 4 aromatic rings. The Kier molecular flexibility index (Phi) is 6.87. The molecule has 0 bridgehead atoms. The summed E-state index contributed by atoms with van der Waals surface area (Å²) in [6.07, 6.45) is 5.38. The Morgan fingerprint density at radius 3 is 2.71 bits per heavy atom. The SMILES string of the molecule is COCCO[C@H]1CC[C@@H](Nc2ncc3c(-c4ccc5nc(C)n(CC(F)F)c5n4)ccn3n2)CC1. The molecule has 0 spiro atoms. The fourth-order valence-electron chi connectivity index (χ4n) is 4.66. The summed E-state index contributed by atoms with van der Waals surface area (Å²) in [5.41, 5.74) is 3.31. The van der Waals surface area contributed by atoms with Crippen molar-refractivity contribution in [3.05, 3.63) is 36.4 Å². The second-order valence-electron chi connectivity index (χ2n) is 8.82. The first-order valence-corrected chi connectivity index (χ1v) is 11.9. The van der Waals surface area contributed by atoms with Gasteiger partial charge in [-0.25, -0.2) is 28.2 Å². The van der Waals surface area contributed by atoms with Crippen molar-refractivity contribution < 1.29 is 18.3 Å². The summed E-state index contributed by atoms with van der Waals surface area (Å²) in [6, 6.07) is 5.86. The molecule has 1 fully saturated rings. The summed E-state index contributed by atoms with van der Waals surface area (Å²) in [5, 5.41) is 8.06. The molecule has 186 valence electrons. The van der Waals surface area contributed by atoms with Crippen molar-refractivity contribution in [1.29, 1.82) is 0 Å². The molecule has 1 aliphatic rings. The number of rotatable bonds is 9. The Bertz CT molecular complexity index is 1300. The number of nitrogens with zero attached hydrogens (tertiary/aromatic N) is 6. The molecule has 0 radical (unpaired) electrons. The molecule has 4 aromatic heterocycles. The number of alkyl halides is 2. The summed E-state index contributed by atoms with van der Waals surface area (Å²) in [4.78, 5) is 13.5. The second kappa shape index (κ2) is 10.2. The topological polar surface area (TPSA) is 91.4 Å². The molecular formula is C24H29F2N7O2. The van der Waals surface area contributed by atoms with Gasteiger partial charge < -0.3 is 19.4 Å². The Morgan fingerprint density at radius 2 is 1.94 bits per heavy atom. The van der Waals surface area contributed by atoms with Gasteiger partial charge in [-0.3, -0.25) is 0 Å². The first-order chi connectivity index (χ1) is 17.0. The van der Waals surface area contributed by atoms with Gasteiger partial charge in [-0.2, -0.15) is 0 Å². The molecule has 35 heavy (non-hydrogen) atoms. The first kappa shape index (κ1) is 23.6. The van der Waals surface area contributed by atoms with Gasteiger partial charge in [0.15, 0.2) is 5.65 Å². The standard InChI is InChI=1S/C24H29F2N7O2/c1-15-28-20-8-7-19(30-23(20)32(15)14-22(25)26)18-9-10-33-21(18)13-27-24(31-33)29-16-3-5-17(6-4-16)35-12-11-34-2/h7-10,13,16-17,22H,3-6,11-12,14H2,1-2H3,(H,29,31)/t16-,17+.